The van der Waals surface area contributed by atoms with E-state index in [2.05, 4.69) is 35.1 Å². The van der Waals surface area contributed by atoms with Crippen molar-refractivity contribution in [2.75, 3.05) is 36.9 Å². The lowest BCUT2D eigenvalue weighted by Crippen LogP contribution is -2.36. The van der Waals surface area contributed by atoms with Crippen molar-refractivity contribution in [3.8, 4) is 11.3 Å². The summed E-state index contributed by atoms with van der Waals surface area (Å²) in [5, 5.41) is 4.50. The monoisotopic (exact) mass is 272 g/mol. The molecule has 3 rings (SSSR count). The molecular formula is C15H20N4O. The van der Waals surface area contributed by atoms with Crippen LogP contribution in [0, 0.1) is 6.92 Å². The zero-order valence-electron chi connectivity index (χ0n) is 12.0. The number of nitrogen functional groups attached to an aromatic ring is 1. The van der Waals surface area contributed by atoms with E-state index in [1.807, 2.05) is 13.1 Å². The number of nitrogens with zero attached hydrogens (tertiary/aromatic N) is 3. The first-order valence-corrected chi connectivity index (χ1v) is 6.88. The molecule has 1 fully saturated rings. The number of nitrogens with two attached hydrogens (primary N) is 1. The maximum Gasteiger partial charge on any atom is 0.121 e. The lowest BCUT2D eigenvalue weighted by Gasteiger charge is -2.30. The molecule has 1 aromatic carbocycles. The predicted molar refractivity (Wildman–Crippen MR) is 80.8 cm³/mol. The number of ether oxygens (including phenoxy) is 1. The van der Waals surface area contributed by atoms with Gasteiger partial charge in [0.2, 0.25) is 0 Å². The predicted octanol–water partition coefficient (Wildman–Crippen LogP) is 1.81. The van der Waals surface area contributed by atoms with E-state index in [-0.39, 0.29) is 0 Å². The van der Waals surface area contributed by atoms with Gasteiger partial charge in [-0.25, -0.2) is 0 Å². The van der Waals surface area contributed by atoms with E-state index in [0.717, 1.165) is 37.6 Å². The second kappa shape index (κ2) is 5.17. The molecule has 2 N–H and O–H groups in total. The van der Waals surface area contributed by atoms with Crippen LogP contribution in [-0.4, -0.2) is 36.1 Å². The van der Waals surface area contributed by atoms with Crippen LogP contribution in [0.1, 0.15) is 5.56 Å². The maximum atomic E-state index is 5.90. The van der Waals surface area contributed by atoms with Gasteiger partial charge in [0.15, 0.2) is 0 Å². The Morgan fingerprint density at radius 1 is 1.20 bits per heavy atom. The van der Waals surface area contributed by atoms with Gasteiger partial charge in [-0.15, -0.1) is 0 Å². The molecule has 0 radical (unpaired) electrons. The van der Waals surface area contributed by atoms with Crippen LogP contribution in [0.4, 0.5) is 11.5 Å². The Morgan fingerprint density at radius 3 is 2.60 bits per heavy atom. The van der Waals surface area contributed by atoms with E-state index in [1.165, 1.54) is 11.3 Å². The Balaban J connectivity index is 2.05. The lowest BCUT2D eigenvalue weighted by molar-refractivity contribution is 0.122. The average molecular weight is 272 g/mol. The molecule has 0 unspecified atom stereocenters. The van der Waals surface area contributed by atoms with Gasteiger partial charge < -0.3 is 15.4 Å². The molecular weight excluding hydrogens is 252 g/mol. The van der Waals surface area contributed by atoms with E-state index in [4.69, 9.17) is 10.5 Å². The molecule has 0 saturated carbocycles. The Hall–Kier alpha value is -2.01. The highest BCUT2D eigenvalue weighted by Crippen LogP contribution is 2.32. The molecule has 1 saturated heterocycles. The number of anilines is 2. The summed E-state index contributed by atoms with van der Waals surface area (Å²) < 4.78 is 7.15. The smallest absolute Gasteiger partial charge is 0.121 e. The first kappa shape index (κ1) is 13.0. The van der Waals surface area contributed by atoms with Crippen LogP contribution >= 0.6 is 0 Å². The van der Waals surface area contributed by atoms with E-state index >= 15 is 0 Å². The molecule has 0 atom stereocenters. The molecule has 20 heavy (non-hydrogen) atoms. The van der Waals surface area contributed by atoms with Gasteiger partial charge in [-0.3, -0.25) is 4.68 Å². The van der Waals surface area contributed by atoms with E-state index < -0.39 is 0 Å². The molecule has 1 aromatic heterocycles. The van der Waals surface area contributed by atoms with Crippen LogP contribution in [0.3, 0.4) is 0 Å². The van der Waals surface area contributed by atoms with Crippen molar-refractivity contribution < 1.29 is 4.74 Å². The first-order chi connectivity index (χ1) is 9.65. The summed E-state index contributed by atoms with van der Waals surface area (Å²) in [6.45, 7) is 5.49. The van der Waals surface area contributed by atoms with E-state index in [9.17, 15) is 0 Å². The minimum Gasteiger partial charge on any atom is -0.384 e. The Kier molecular flexibility index (Phi) is 3.36. The van der Waals surface area contributed by atoms with Crippen molar-refractivity contribution in [1.82, 2.24) is 9.78 Å². The quantitative estimate of drug-likeness (QED) is 0.906. The van der Waals surface area contributed by atoms with Crippen molar-refractivity contribution >= 4 is 11.5 Å². The molecule has 1 aliphatic rings. The van der Waals surface area contributed by atoms with Crippen molar-refractivity contribution in [2.45, 2.75) is 6.92 Å². The van der Waals surface area contributed by atoms with Gasteiger partial charge in [-0.1, -0.05) is 12.1 Å². The van der Waals surface area contributed by atoms with Crippen LogP contribution in [0.2, 0.25) is 0 Å². The minimum atomic E-state index is 0.675. The van der Waals surface area contributed by atoms with Crippen molar-refractivity contribution in [3.63, 3.8) is 0 Å². The number of morpholine rings is 1. The molecule has 1 aliphatic heterocycles. The van der Waals surface area contributed by atoms with Crippen LogP contribution in [0.25, 0.3) is 11.3 Å². The Labute approximate surface area is 118 Å². The largest absolute Gasteiger partial charge is 0.384 e. The lowest BCUT2D eigenvalue weighted by atomic mass is 10.1. The van der Waals surface area contributed by atoms with Crippen molar-refractivity contribution in [3.05, 3.63) is 29.8 Å². The van der Waals surface area contributed by atoms with Gasteiger partial charge in [0.05, 0.1) is 18.9 Å². The summed E-state index contributed by atoms with van der Waals surface area (Å²) >= 11 is 0. The molecule has 106 valence electrons. The second-order valence-electron chi connectivity index (χ2n) is 5.20. The molecule has 5 nitrogen and oxygen atoms in total. The number of hydrogen-bond donors (Lipinski definition) is 1. The van der Waals surface area contributed by atoms with E-state index in [0.29, 0.717) is 5.82 Å². The molecule has 0 amide bonds. The topological polar surface area (TPSA) is 56.3 Å². The number of benzene rings is 1. The van der Waals surface area contributed by atoms with Crippen molar-refractivity contribution in [2.24, 2.45) is 7.05 Å². The Morgan fingerprint density at radius 2 is 1.95 bits per heavy atom. The van der Waals surface area contributed by atoms with Gasteiger partial charge in [-0.2, -0.15) is 5.10 Å². The van der Waals surface area contributed by atoms with Crippen LogP contribution in [0.5, 0.6) is 0 Å². The van der Waals surface area contributed by atoms with Crippen LogP contribution in [-0.2, 0) is 11.8 Å². The fourth-order valence-electron chi connectivity index (χ4n) is 2.54. The zero-order chi connectivity index (χ0) is 14.1. The van der Waals surface area contributed by atoms with Gasteiger partial charge >= 0.3 is 0 Å². The van der Waals surface area contributed by atoms with Crippen molar-refractivity contribution in [1.29, 1.82) is 0 Å². The van der Waals surface area contributed by atoms with Gasteiger partial charge in [0.25, 0.3) is 0 Å². The SMILES string of the molecule is Cc1ccc(-c2cc(N)n(C)n2)c(N2CCOCC2)c1. The minimum absolute atomic E-state index is 0.675. The second-order valence-corrected chi connectivity index (χ2v) is 5.20. The number of aromatic nitrogens is 2. The Bertz CT molecular complexity index is 595. The highest BCUT2D eigenvalue weighted by molar-refractivity contribution is 5.78. The standard InChI is InChI=1S/C15H20N4O/c1-11-3-4-12(13-10-15(16)18(2)17-13)14(9-11)19-5-7-20-8-6-19/h3-4,9-10H,5-8,16H2,1-2H3. The molecule has 0 bridgehead atoms. The summed E-state index contributed by atoms with van der Waals surface area (Å²) in [5.74, 6) is 0.675. The molecule has 0 aliphatic carbocycles. The summed E-state index contributed by atoms with van der Waals surface area (Å²) in [5.41, 5.74) is 10.4. The summed E-state index contributed by atoms with van der Waals surface area (Å²) in [6.07, 6.45) is 0. The van der Waals surface area contributed by atoms with Gasteiger partial charge in [0.1, 0.15) is 5.82 Å². The molecule has 5 heteroatoms. The highest BCUT2D eigenvalue weighted by atomic mass is 16.5. The fourth-order valence-corrected chi connectivity index (χ4v) is 2.54. The highest BCUT2D eigenvalue weighted by Gasteiger charge is 2.17. The average Bonchev–Trinajstić information content (AvgIpc) is 2.79. The number of aryl methyl sites for hydroxylation is 2. The fraction of sp³-hybridized carbons (Fsp3) is 0.400. The molecule has 0 spiro atoms. The third-order valence-corrected chi connectivity index (χ3v) is 3.70. The summed E-state index contributed by atoms with van der Waals surface area (Å²) in [6, 6.07) is 8.38. The normalized spacial score (nSPS) is 15.6. The summed E-state index contributed by atoms with van der Waals surface area (Å²) in [4.78, 5) is 2.36. The third kappa shape index (κ3) is 2.36. The molecule has 2 aromatic rings. The van der Waals surface area contributed by atoms with E-state index in [1.54, 1.807) is 4.68 Å². The van der Waals surface area contributed by atoms with Crippen LogP contribution in [0.15, 0.2) is 24.3 Å². The van der Waals surface area contributed by atoms with Gasteiger partial charge in [0, 0.05) is 37.5 Å². The maximum absolute atomic E-state index is 5.90. The van der Waals surface area contributed by atoms with Gasteiger partial charge in [-0.05, 0) is 18.6 Å². The first-order valence-electron chi connectivity index (χ1n) is 6.88. The number of rotatable bonds is 2. The van der Waals surface area contributed by atoms with Crippen LogP contribution < -0.4 is 10.6 Å². The molecule has 2 heterocycles. The third-order valence-electron chi connectivity index (χ3n) is 3.70. The summed E-state index contributed by atoms with van der Waals surface area (Å²) in [7, 11) is 1.86. The number of hydrogen-bond acceptors (Lipinski definition) is 4. The zero-order valence-corrected chi connectivity index (χ0v) is 12.0.